The molecule has 0 saturated carbocycles. The van der Waals surface area contributed by atoms with E-state index in [1.807, 2.05) is 0 Å². The first-order chi connectivity index (χ1) is 26.1. The smallest absolute Gasteiger partial charge is 0.333 e. The monoisotopic (exact) mass is 696 g/mol. The van der Waals surface area contributed by atoms with Gasteiger partial charge in [-0.2, -0.15) is 0 Å². The minimum absolute atomic E-state index is 0.0230. The fraction of sp³-hybridized carbons (Fsp3) is 0.200. The highest BCUT2D eigenvalue weighted by Crippen LogP contribution is 2.53. The molecule has 0 atom stereocenters. The van der Waals surface area contributed by atoms with Gasteiger partial charge in [0.1, 0.15) is 11.2 Å². The lowest BCUT2D eigenvalue weighted by Gasteiger charge is -2.46. The van der Waals surface area contributed by atoms with Crippen molar-refractivity contribution < 1.29 is 4.42 Å². The molecule has 12 rings (SSSR count). The quantitative estimate of drug-likeness (QED) is 0.159. The van der Waals surface area contributed by atoms with Crippen molar-refractivity contribution in [2.75, 3.05) is 4.81 Å². The summed E-state index contributed by atoms with van der Waals surface area (Å²) in [6.07, 6.45) is 2.38. The van der Waals surface area contributed by atoms with Crippen LogP contribution in [0.25, 0.3) is 71.3 Å². The van der Waals surface area contributed by atoms with Crippen molar-refractivity contribution in [1.29, 1.82) is 0 Å². The molecule has 0 amide bonds. The van der Waals surface area contributed by atoms with Gasteiger partial charge in [0.15, 0.2) is 0 Å². The topological polar surface area (TPSA) is 21.3 Å². The molecule has 1 aliphatic carbocycles. The Morgan fingerprint density at radius 2 is 1.33 bits per heavy atom. The predicted octanol–water partition coefficient (Wildman–Crippen LogP) is 12.0. The SMILES string of the molecule is Cc1cc2c3c(c1)-n1c4cc5ccccc5cc4c4cccc(c41)B3N(c1cc3c(cc1C)C(C)(C)CCC3(C)C)c1ccc3oc4ccccc4c3c1-2. The van der Waals surface area contributed by atoms with Crippen LogP contribution in [0.15, 0.2) is 120 Å². The molecule has 9 aromatic rings. The van der Waals surface area contributed by atoms with Crippen LogP contribution in [0.5, 0.6) is 0 Å². The maximum absolute atomic E-state index is 6.62. The highest BCUT2D eigenvalue weighted by molar-refractivity contribution is 6.93. The van der Waals surface area contributed by atoms with E-state index in [9.17, 15) is 0 Å². The van der Waals surface area contributed by atoms with Gasteiger partial charge in [-0.1, -0.05) is 100 Å². The van der Waals surface area contributed by atoms with Gasteiger partial charge in [-0.3, -0.25) is 0 Å². The second-order valence-corrected chi connectivity index (χ2v) is 17.7. The van der Waals surface area contributed by atoms with Gasteiger partial charge in [-0.15, -0.1) is 0 Å². The lowest BCUT2D eigenvalue weighted by molar-refractivity contribution is 0.332. The fourth-order valence-electron chi connectivity index (χ4n) is 10.8. The van der Waals surface area contributed by atoms with E-state index >= 15 is 0 Å². The Hall–Kier alpha value is -5.74. The van der Waals surface area contributed by atoms with E-state index in [0.29, 0.717) is 0 Å². The van der Waals surface area contributed by atoms with Gasteiger partial charge >= 0.3 is 6.85 Å². The number of aromatic nitrogens is 1. The van der Waals surface area contributed by atoms with Crippen LogP contribution in [0.1, 0.15) is 62.8 Å². The van der Waals surface area contributed by atoms with Crippen LogP contribution in [0, 0.1) is 13.8 Å². The second kappa shape index (κ2) is 10.1. The van der Waals surface area contributed by atoms with Gasteiger partial charge < -0.3 is 13.8 Å². The van der Waals surface area contributed by atoms with Crippen LogP contribution >= 0.6 is 0 Å². The molecule has 3 nitrogen and oxygen atoms in total. The van der Waals surface area contributed by atoms with Gasteiger partial charge in [-0.25, -0.2) is 0 Å². The van der Waals surface area contributed by atoms with E-state index in [2.05, 4.69) is 166 Å². The van der Waals surface area contributed by atoms with Crippen molar-refractivity contribution in [3.05, 3.63) is 138 Å². The summed E-state index contributed by atoms with van der Waals surface area (Å²) >= 11 is 0. The maximum atomic E-state index is 6.62. The zero-order valence-electron chi connectivity index (χ0n) is 31.8. The minimum atomic E-state index is -0.0230. The summed E-state index contributed by atoms with van der Waals surface area (Å²) in [7, 11) is 0. The second-order valence-electron chi connectivity index (χ2n) is 17.7. The molecule has 3 aliphatic rings. The first kappa shape index (κ1) is 30.7. The highest BCUT2D eigenvalue weighted by atomic mass is 16.3. The van der Waals surface area contributed by atoms with Gasteiger partial charge in [0.2, 0.25) is 0 Å². The van der Waals surface area contributed by atoms with Crippen LogP contribution in [0.4, 0.5) is 11.4 Å². The third kappa shape index (κ3) is 3.78. The van der Waals surface area contributed by atoms with E-state index in [-0.39, 0.29) is 17.7 Å². The molecule has 2 aliphatic heterocycles. The number of para-hydroxylation sites is 2. The Morgan fingerprint density at radius 3 is 2.15 bits per heavy atom. The molecule has 2 aromatic heterocycles. The van der Waals surface area contributed by atoms with E-state index in [0.717, 1.165) is 11.2 Å². The highest BCUT2D eigenvalue weighted by Gasteiger charge is 2.46. The molecule has 4 heterocycles. The van der Waals surface area contributed by atoms with Gasteiger partial charge in [0.25, 0.3) is 0 Å². The number of fused-ring (bicyclic) bond motifs is 13. The first-order valence-corrected chi connectivity index (χ1v) is 19.6. The Kier molecular flexibility index (Phi) is 5.72. The number of hydrogen-bond acceptors (Lipinski definition) is 2. The average Bonchev–Trinajstić information content (AvgIpc) is 3.70. The Bertz CT molecular complexity index is 3160. The number of hydrogen-bond donors (Lipinski definition) is 0. The summed E-state index contributed by atoms with van der Waals surface area (Å²) in [5.74, 6) is 0. The van der Waals surface area contributed by atoms with Crippen LogP contribution in [0.2, 0.25) is 0 Å². The Balaban J connectivity index is 1.27. The standard InChI is InChI=1S/C50H41BN2O/c1-28-22-35-45-39(18-19-44-46(45)33-14-9-10-17-43(33)54-44)53(40-27-37-36(24-29(40)2)49(3,4)20-21-50(37,5)6)51-38-16-11-15-32-34-25-30-12-7-8-13-31(30)26-41(34)52(48(32)38)42(23-28)47(35)51/h7-19,22-27H,20-21H2,1-6H3. The molecule has 260 valence electrons. The zero-order chi connectivity index (χ0) is 36.4. The number of nitrogens with zero attached hydrogens (tertiary/aromatic N) is 2. The van der Waals surface area contributed by atoms with Crippen LogP contribution < -0.4 is 15.7 Å². The van der Waals surface area contributed by atoms with Crippen molar-refractivity contribution in [2.24, 2.45) is 0 Å². The van der Waals surface area contributed by atoms with Gasteiger partial charge in [0, 0.05) is 44.2 Å². The van der Waals surface area contributed by atoms with E-state index < -0.39 is 0 Å². The number of aryl methyl sites for hydroxylation is 2. The molecule has 0 bridgehead atoms. The summed E-state index contributed by atoms with van der Waals surface area (Å²) < 4.78 is 9.21. The first-order valence-electron chi connectivity index (χ1n) is 19.6. The molecular weight excluding hydrogens is 655 g/mol. The Morgan fingerprint density at radius 1 is 0.611 bits per heavy atom. The molecule has 0 radical (unpaired) electrons. The van der Waals surface area contributed by atoms with Crippen molar-refractivity contribution in [3.63, 3.8) is 0 Å². The third-order valence-corrected chi connectivity index (χ3v) is 13.5. The molecule has 0 unspecified atom stereocenters. The molecular formula is C50H41BN2O. The summed E-state index contributed by atoms with van der Waals surface area (Å²) in [4.78, 5) is 2.72. The van der Waals surface area contributed by atoms with Crippen LogP contribution in [-0.2, 0) is 10.8 Å². The third-order valence-electron chi connectivity index (χ3n) is 13.5. The van der Waals surface area contributed by atoms with Crippen molar-refractivity contribution in [1.82, 2.24) is 4.57 Å². The van der Waals surface area contributed by atoms with Crippen LogP contribution in [-0.4, -0.2) is 11.4 Å². The van der Waals surface area contributed by atoms with E-state index in [4.69, 9.17) is 4.42 Å². The minimum Gasteiger partial charge on any atom is -0.456 e. The fourth-order valence-corrected chi connectivity index (χ4v) is 10.8. The Labute approximate surface area is 315 Å². The number of anilines is 2. The summed E-state index contributed by atoms with van der Waals surface area (Å²) in [5, 5.41) is 7.53. The van der Waals surface area contributed by atoms with Gasteiger partial charge in [-0.05, 0) is 129 Å². The zero-order valence-corrected chi connectivity index (χ0v) is 31.8. The summed E-state index contributed by atoms with van der Waals surface area (Å²) in [5.41, 5.74) is 19.3. The van der Waals surface area contributed by atoms with Crippen molar-refractivity contribution >= 4 is 83.7 Å². The molecule has 0 spiro atoms. The number of furan rings is 1. The average molecular weight is 697 g/mol. The summed E-state index contributed by atoms with van der Waals surface area (Å²) in [6, 6.07) is 43.8. The normalized spacial score (nSPS) is 16.4. The largest absolute Gasteiger partial charge is 0.456 e. The van der Waals surface area contributed by atoms with Crippen molar-refractivity contribution in [3.8, 4) is 16.8 Å². The molecule has 0 N–H and O–H groups in total. The lowest BCUT2D eigenvalue weighted by Crippen LogP contribution is -2.60. The van der Waals surface area contributed by atoms with Gasteiger partial charge in [0.05, 0.1) is 11.0 Å². The molecule has 54 heavy (non-hydrogen) atoms. The van der Waals surface area contributed by atoms with Crippen LogP contribution in [0.3, 0.4) is 0 Å². The van der Waals surface area contributed by atoms with E-state index in [1.165, 1.54) is 118 Å². The number of rotatable bonds is 1. The predicted molar refractivity (Wildman–Crippen MR) is 229 cm³/mol. The van der Waals surface area contributed by atoms with E-state index in [1.54, 1.807) is 0 Å². The number of benzene rings is 7. The maximum Gasteiger partial charge on any atom is 0.333 e. The summed E-state index contributed by atoms with van der Waals surface area (Å²) in [6.45, 7) is 14.4. The lowest BCUT2D eigenvalue weighted by atomic mass is 9.43. The molecule has 4 heteroatoms. The molecule has 7 aromatic carbocycles. The molecule has 0 saturated heterocycles. The molecule has 0 fully saturated rings. The van der Waals surface area contributed by atoms with Crippen molar-refractivity contribution in [2.45, 2.75) is 65.2 Å².